The van der Waals surface area contributed by atoms with Crippen molar-refractivity contribution in [3.8, 4) is 0 Å². The lowest BCUT2D eigenvalue weighted by molar-refractivity contribution is -0.113. The highest BCUT2D eigenvalue weighted by molar-refractivity contribution is 6.72. The molecule has 1 aromatic rings. The molecule has 1 aliphatic rings. The monoisotopic (exact) mass is 284 g/mol. The highest BCUT2D eigenvalue weighted by Crippen LogP contribution is 2.27. The number of amides is 1. The number of hydrogen-bond donors (Lipinski definition) is 2. The largest absolute Gasteiger partial charge is 0.410 e. The second kappa shape index (κ2) is 4.80. The average Bonchev–Trinajstić information content (AvgIpc) is 2.59. The fourth-order valence-corrected chi connectivity index (χ4v) is 1.96. The first-order valence-electron chi connectivity index (χ1n) is 4.78. The van der Waals surface area contributed by atoms with Crippen molar-refractivity contribution in [2.75, 3.05) is 0 Å². The maximum absolute atomic E-state index is 11.6. The SMILES string of the molecule is O=C1NC(=Cc2c(Cl)cccc2Cl)C(=O)C1=NO. The summed E-state index contributed by atoms with van der Waals surface area (Å²) in [7, 11) is 0. The molecule has 0 bridgehead atoms. The van der Waals surface area contributed by atoms with E-state index in [4.69, 9.17) is 28.4 Å². The molecule has 2 N–H and O–H groups in total. The summed E-state index contributed by atoms with van der Waals surface area (Å²) < 4.78 is 0. The highest BCUT2D eigenvalue weighted by atomic mass is 35.5. The van der Waals surface area contributed by atoms with Gasteiger partial charge in [-0.15, -0.1) is 0 Å². The van der Waals surface area contributed by atoms with Crippen LogP contribution >= 0.6 is 23.2 Å². The van der Waals surface area contributed by atoms with E-state index in [1.54, 1.807) is 18.2 Å². The number of allylic oxidation sites excluding steroid dienone is 1. The summed E-state index contributed by atoms with van der Waals surface area (Å²) in [5.41, 5.74) is -0.198. The zero-order valence-electron chi connectivity index (χ0n) is 8.78. The highest BCUT2D eigenvalue weighted by Gasteiger charge is 2.33. The Balaban J connectivity index is 2.48. The van der Waals surface area contributed by atoms with Crippen LogP contribution in [0.3, 0.4) is 0 Å². The van der Waals surface area contributed by atoms with Crippen molar-refractivity contribution in [1.82, 2.24) is 5.32 Å². The molecule has 1 saturated heterocycles. The fourth-order valence-electron chi connectivity index (χ4n) is 1.45. The maximum atomic E-state index is 11.6. The third kappa shape index (κ3) is 2.10. The molecule has 5 nitrogen and oxygen atoms in total. The summed E-state index contributed by atoms with van der Waals surface area (Å²) in [5.74, 6) is -1.48. The van der Waals surface area contributed by atoms with Gasteiger partial charge in [-0.05, 0) is 18.2 Å². The normalized spacial score (nSPS) is 19.7. The molecule has 1 fully saturated rings. The van der Waals surface area contributed by atoms with Gasteiger partial charge in [-0.2, -0.15) is 0 Å². The maximum Gasteiger partial charge on any atom is 0.281 e. The number of nitrogens with zero attached hydrogens (tertiary/aromatic N) is 1. The molecule has 0 aliphatic carbocycles. The third-order valence-corrected chi connectivity index (χ3v) is 2.97. The number of carbonyl (C=O) groups is 2. The van der Waals surface area contributed by atoms with Gasteiger partial charge in [0.15, 0.2) is 0 Å². The van der Waals surface area contributed by atoms with Gasteiger partial charge in [-0.1, -0.05) is 34.4 Å². The first-order valence-corrected chi connectivity index (χ1v) is 5.54. The number of benzene rings is 1. The van der Waals surface area contributed by atoms with Gasteiger partial charge >= 0.3 is 0 Å². The van der Waals surface area contributed by atoms with E-state index in [1.165, 1.54) is 6.08 Å². The summed E-state index contributed by atoms with van der Waals surface area (Å²) in [6.45, 7) is 0. The second-order valence-electron chi connectivity index (χ2n) is 3.43. The van der Waals surface area contributed by atoms with Crippen molar-refractivity contribution in [2.24, 2.45) is 5.16 Å². The number of ketones is 1. The molecule has 0 spiro atoms. The van der Waals surface area contributed by atoms with Gasteiger partial charge in [0.05, 0.1) is 5.70 Å². The van der Waals surface area contributed by atoms with Gasteiger partial charge in [0, 0.05) is 15.6 Å². The molecule has 0 radical (unpaired) electrons. The van der Waals surface area contributed by atoms with Gasteiger partial charge in [-0.25, -0.2) is 0 Å². The molecule has 18 heavy (non-hydrogen) atoms. The number of oxime groups is 1. The van der Waals surface area contributed by atoms with Crippen LogP contribution in [0.1, 0.15) is 5.56 Å². The van der Waals surface area contributed by atoms with Crippen molar-refractivity contribution in [3.63, 3.8) is 0 Å². The molecule has 1 heterocycles. The summed E-state index contributed by atoms with van der Waals surface area (Å²) >= 11 is 11.9. The molecule has 1 aromatic carbocycles. The lowest BCUT2D eigenvalue weighted by Crippen LogP contribution is -2.19. The zero-order chi connectivity index (χ0) is 13.3. The van der Waals surface area contributed by atoms with E-state index in [2.05, 4.69) is 10.5 Å². The first kappa shape index (κ1) is 12.6. The van der Waals surface area contributed by atoms with Gasteiger partial charge < -0.3 is 10.5 Å². The number of carbonyl (C=O) groups excluding carboxylic acids is 2. The minimum absolute atomic E-state index is 0.0391. The summed E-state index contributed by atoms with van der Waals surface area (Å²) in [6, 6.07) is 4.85. The molecule has 0 aromatic heterocycles. The van der Waals surface area contributed by atoms with Gasteiger partial charge in [0.2, 0.25) is 11.5 Å². The van der Waals surface area contributed by atoms with Crippen LogP contribution in [0.5, 0.6) is 0 Å². The average molecular weight is 285 g/mol. The molecular formula is C11H6Cl2N2O3. The van der Waals surface area contributed by atoms with Crippen molar-refractivity contribution in [1.29, 1.82) is 0 Å². The van der Waals surface area contributed by atoms with E-state index >= 15 is 0 Å². The van der Waals surface area contributed by atoms with E-state index in [-0.39, 0.29) is 5.70 Å². The molecule has 1 amide bonds. The van der Waals surface area contributed by atoms with E-state index in [0.717, 1.165) is 0 Å². The van der Waals surface area contributed by atoms with Gasteiger partial charge in [0.1, 0.15) is 0 Å². The first-order chi connectivity index (χ1) is 8.54. The zero-order valence-corrected chi connectivity index (χ0v) is 10.3. The van der Waals surface area contributed by atoms with Crippen LogP contribution in [-0.2, 0) is 9.59 Å². The Morgan fingerprint density at radius 1 is 1.22 bits per heavy atom. The Hall–Kier alpha value is -1.85. The Kier molecular flexibility index (Phi) is 3.36. The Labute approximate surface area is 112 Å². The summed E-state index contributed by atoms with van der Waals surface area (Å²) in [5, 5.41) is 14.1. The lowest BCUT2D eigenvalue weighted by Gasteiger charge is -2.02. The Bertz CT molecular complexity index is 588. The molecule has 0 saturated carbocycles. The van der Waals surface area contributed by atoms with Crippen LogP contribution in [0.15, 0.2) is 29.1 Å². The van der Waals surface area contributed by atoms with E-state index in [1.807, 2.05) is 0 Å². The molecular weight excluding hydrogens is 279 g/mol. The Morgan fingerprint density at radius 2 is 1.83 bits per heavy atom. The van der Waals surface area contributed by atoms with Crippen molar-refractivity contribution in [2.45, 2.75) is 0 Å². The quantitative estimate of drug-likeness (QED) is 0.469. The summed E-state index contributed by atoms with van der Waals surface area (Å²) in [6.07, 6.45) is 1.34. The molecule has 0 unspecified atom stereocenters. The minimum atomic E-state index is -0.767. The smallest absolute Gasteiger partial charge is 0.281 e. The number of hydrogen-bond acceptors (Lipinski definition) is 4. The Morgan fingerprint density at radius 3 is 2.33 bits per heavy atom. The minimum Gasteiger partial charge on any atom is -0.410 e. The number of nitrogens with one attached hydrogen (secondary N) is 1. The molecule has 2 rings (SSSR count). The fraction of sp³-hybridized carbons (Fsp3) is 0. The molecule has 92 valence electrons. The van der Waals surface area contributed by atoms with Gasteiger partial charge in [0.25, 0.3) is 5.91 Å². The second-order valence-corrected chi connectivity index (χ2v) is 4.24. The van der Waals surface area contributed by atoms with Crippen LogP contribution in [0.25, 0.3) is 6.08 Å². The topological polar surface area (TPSA) is 78.8 Å². The predicted octanol–water partition coefficient (Wildman–Crippen LogP) is 1.86. The number of Topliss-reactive ketones (excluding diaryl/α,β-unsaturated/α-hetero) is 1. The molecule has 7 heteroatoms. The van der Waals surface area contributed by atoms with Crippen molar-refractivity contribution in [3.05, 3.63) is 39.5 Å². The van der Waals surface area contributed by atoms with Crippen molar-refractivity contribution >= 4 is 46.7 Å². The third-order valence-electron chi connectivity index (χ3n) is 2.31. The number of rotatable bonds is 1. The van der Waals surface area contributed by atoms with Crippen LogP contribution in [0, 0.1) is 0 Å². The van der Waals surface area contributed by atoms with E-state index < -0.39 is 17.4 Å². The van der Waals surface area contributed by atoms with Crippen LogP contribution in [0.4, 0.5) is 0 Å². The van der Waals surface area contributed by atoms with Crippen LogP contribution in [-0.4, -0.2) is 22.6 Å². The van der Waals surface area contributed by atoms with E-state index in [0.29, 0.717) is 15.6 Å². The van der Waals surface area contributed by atoms with Crippen LogP contribution in [0.2, 0.25) is 10.0 Å². The van der Waals surface area contributed by atoms with Gasteiger partial charge in [-0.3, -0.25) is 9.59 Å². The molecule has 0 atom stereocenters. The van der Waals surface area contributed by atoms with Crippen molar-refractivity contribution < 1.29 is 14.8 Å². The van der Waals surface area contributed by atoms with Crippen LogP contribution < -0.4 is 5.32 Å². The van der Waals surface area contributed by atoms with E-state index in [9.17, 15) is 9.59 Å². The lowest BCUT2D eigenvalue weighted by atomic mass is 10.1. The standard InChI is InChI=1S/C11H6Cl2N2O3/c12-6-2-1-3-7(13)5(6)4-8-10(16)9(15-18)11(17)14-8/h1-4,18H,(H,14,17). The number of halogens is 2. The summed E-state index contributed by atoms with van der Waals surface area (Å²) in [4.78, 5) is 22.9. The molecule has 1 aliphatic heterocycles. The predicted molar refractivity (Wildman–Crippen MR) is 66.8 cm³/mol.